The van der Waals surface area contributed by atoms with Crippen LogP contribution >= 0.6 is 11.8 Å². The molecule has 0 saturated heterocycles. The number of nitrogens with zero attached hydrogens (tertiary/aromatic N) is 3. The summed E-state index contributed by atoms with van der Waals surface area (Å²) in [5.74, 6) is 0.0140. The Morgan fingerprint density at radius 3 is 2.50 bits per heavy atom. The van der Waals surface area contributed by atoms with Crippen LogP contribution in [-0.4, -0.2) is 35.9 Å². The molecule has 2 N–H and O–H groups in total. The van der Waals surface area contributed by atoms with Gasteiger partial charge in [0.05, 0.1) is 0 Å². The second-order valence-electron chi connectivity index (χ2n) is 2.67. The van der Waals surface area contributed by atoms with Gasteiger partial charge in [0.2, 0.25) is 5.95 Å². The summed E-state index contributed by atoms with van der Waals surface area (Å²) in [4.78, 5) is 11.5. The monoisotopic (exact) mass is 234 g/mol. The topological polar surface area (TPSA) is 98.8 Å². The van der Waals surface area contributed by atoms with Crippen molar-refractivity contribution in [2.75, 3.05) is 18.2 Å². The van der Waals surface area contributed by atoms with Crippen LogP contribution in [0.25, 0.3) is 0 Å². The molecule has 0 amide bonds. The van der Waals surface area contributed by atoms with Crippen molar-refractivity contribution in [3.8, 4) is 0 Å². The highest BCUT2D eigenvalue weighted by molar-refractivity contribution is 7.98. The molecule has 0 aliphatic carbocycles. The second kappa shape index (κ2) is 4.09. The van der Waals surface area contributed by atoms with Gasteiger partial charge in [-0.25, -0.2) is 13.4 Å². The number of hydrogen-bond donors (Lipinski definition) is 1. The van der Waals surface area contributed by atoms with Crippen LogP contribution in [0, 0.1) is 0 Å². The van der Waals surface area contributed by atoms with Crippen molar-refractivity contribution in [3.05, 3.63) is 5.82 Å². The van der Waals surface area contributed by atoms with Crippen LogP contribution < -0.4 is 5.73 Å². The molecule has 0 fully saturated rings. The lowest BCUT2D eigenvalue weighted by molar-refractivity contribution is 0.599. The summed E-state index contributed by atoms with van der Waals surface area (Å²) in [6.45, 7) is 0. The Morgan fingerprint density at radius 2 is 2.00 bits per heavy atom. The molecule has 0 bridgehead atoms. The Labute approximate surface area is 86.3 Å². The molecule has 1 aromatic rings. The molecule has 0 spiro atoms. The number of rotatable bonds is 3. The molecular formula is C6H10N4O2S2. The van der Waals surface area contributed by atoms with Crippen LogP contribution in [0.3, 0.4) is 0 Å². The molecule has 0 atom stereocenters. The Bertz CT molecular complexity index is 431. The fraction of sp³-hybridized carbons (Fsp3) is 0.500. The summed E-state index contributed by atoms with van der Waals surface area (Å²) in [5.41, 5.74) is 5.38. The van der Waals surface area contributed by atoms with E-state index in [9.17, 15) is 8.42 Å². The van der Waals surface area contributed by atoms with Crippen molar-refractivity contribution in [1.29, 1.82) is 0 Å². The van der Waals surface area contributed by atoms with E-state index in [1.165, 1.54) is 11.8 Å². The zero-order valence-corrected chi connectivity index (χ0v) is 9.39. The lowest BCUT2D eigenvalue weighted by Gasteiger charge is -2.01. The Hall–Kier alpha value is -0.890. The van der Waals surface area contributed by atoms with E-state index in [2.05, 4.69) is 15.0 Å². The van der Waals surface area contributed by atoms with Crippen LogP contribution in [0.15, 0.2) is 5.16 Å². The van der Waals surface area contributed by atoms with E-state index in [4.69, 9.17) is 5.73 Å². The summed E-state index contributed by atoms with van der Waals surface area (Å²) in [6.07, 6.45) is 2.89. The molecular weight excluding hydrogens is 224 g/mol. The molecule has 0 aliphatic rings. The predicted octanol–water partition coefficient (Wildman–Crippen LogP) is -0.280. The first kappa shape index (κ1) is 11.2. The summed E-state index contributed by atoms with van der Waals surface area (Å²) in [6, 6.07) is 0. The average molecular weight is 234 g/mol. The minimum absolute atomic E-state index is 0.0444. The maximum atomic E-state index is 11.0. The Morgan fingerprint density at radius 1 is 1.36 bits per heavy atom. The maximum absolute atomic E-state index is 11.0. The van der Waals surface area contributed by atoms with Crippen molar-refractivity contribution >= 4 is 27.5 Å². The lowest BCUT2D eigenvalue weighted by atomic mass is 10.7. The largest absolute Gasteiger partial charge is 0.368 e. The third kappa shape index (κ3) is 3.46. The lowest BCUT2D eigenvalue weighted by Crippen LogP contribution is -2.09. The SMILES string of the molecule is CSc1nc(N)nc(CS(C)(=O)=O)n1. The highest BCUT2D eigenvalue weighted by atomic mass is 32.2. The van der Waals surface area contributed by atoms with E-state index in [0.29, 0.717) is 5.16 Å². The summed E-state index contributed by atoms with van der Waals surface area (Å²) < 4.78 is 21.9. The fourth-order valence-corrected chi connectivity index (χ4v) is 1.79. The van der Waals surface area contributed by atoms with E-state index in [-0.39, 0.29) is 17.5 Å². The molecule has 14 heavy (non-hydrogen) atoms. The molecule has 0 saturated carbocycles. The number of sulfone groups is 1. The van der Waals surface area contributed by atoms with Crippen LogP contribution in [-0.2, 0) is 15.6 Å². The summed E-state index contributed by atoms with van der Waals surface area (Å²) in [7, 11) is -3.14. The third-order valence-electron chi connectivity index (χ3n) is 1.25. The Balaban J connectivity index is 3.04. The molecule has 0 aromatic carbocycles. The quantitative estimate of drug-likeness (QED) is 0.718. The van der Waals surface area contributed by atoms with Crippen molar-refractivity contribution in [3.63, 3.8) is 0 Å². The number of nitrogen functional groups attached to an aromatic ring is 1. The normalized spacial score (nSPS) is 11.6. The number of hydrogen-bond acceptors (Lipinski definition) is 7. The molecule has 1 rings (SSSR count). The van der Waals surface area contributed by atoms with Crippen LogP contribution in [0.5, 0.6) is 0 Å². The fourth-order valence-electron chi connectivity index (χ4n) is 0.806. The van der Waals surface area contributed by atoms with Crippen molar-refractivity contribution in [2.24, 2.45) is 0 Å². The standard InChI is InChI=1S/C6H10N4O2S2/c1-13-6-9-4(3-14(2,11)12)8-5(7)10-6/h3H2,1-2H3,(H2,7,8,9,10). The summed E-state index contributed by atoms with van der Waals surface area (Å²) in [5, 5.41) is 0.427. The van der Waals surface area contributed by atoms with Gasteiger partial charge in [0, 0.05) is 6.26 Å². The van der Waals surface area contributed by atoms with Crippen molar-refractivity contribution in [1.82, 2.24) is 15.0 Å². The van der Waals surface area contributed by atoms with Gasteiger partial charge in [0.25, 0.3) is 0 Å². The number of anilines is 1. The zero-order valence-electron chi connectivity index (χ0n) is 7.76. The van der Waals surface area contributed by atoms with Gasteiger partial charge in [-0.05, 0) is 6.26 Å². The molecule has 78 valence electrons. The van der Waals surface area contributed by atoms with Gasteiger partial charge in [-0.2, -0.15) is 9.97 Å². The number of aromatic nitrogens is 3. The first-order chi connectivity index (χ1) is 6.40. The molecule has 0 radical (unpaired) electrons. The summed E-state index contributed by atoms with van der Waals surface area (Å²) >= 11 is 1.29. The van der Waals surface area contributed by atoms with Crippen molar-refractivity contribution in [2.45, 2.75) is 10.9 Å². The van der Waals surface area contributed by atoms with Crippen LogP contribution in [0.2, 0.25) is 0 Å². The van der Waals surface area contributed by atoms with Gasteiger partial charge in [-0.3, -0.25) is 0 Å². The molecule has 6 nitrogen and oxygen atoms in total. The minimum Gasteiger partial charge on any atom is -0.368 e. The van der Waals surface area contributed by atoms with Gasteiger partial charge < -0.3 is 5.73 Å². The molecule has 1 heterocycles. The van der Waals surface area contributed by atoms with Gasteiger partial charge in [-0.15, -0.1) is 0 Å². The average Bonchev–Trinajstić information content (AvgIpc) is 1.99. The van der Waals surface area contributed by atoms with Crippen LogP contribution in [0.4, 0.5) is 5.95 Å². The number of thioether (sulfide) groups is 1. The van der Waals surface area contributed by atoms with Gasteiger partial charge >= 0.3 is 0 Å². The van der Waals surface area contributed by atoms with Crippen LogP contribution in [0.1, 0.15) is 5.82 Å². The first-order valence-electron chi connectivity index (χ1n) is 3.63. The highest BCUT2D eigenvalue weighted by Crippen LogP contribution is 2.10. The third-order valence-corrected chi connectivity index (χ3v) is 2.58. The van der Waals surface area contributed by atoms with E-state index < -0.39 is 9.84 Å². The maximum Gasteiger partial charge on any atom is 0.224 e. The van der Waals surface area contributed by atoms with E-state index in [1.807, 2.05) is 0 Å². The molecule has 8 heteroatoms. The van der Waals surface area contributed by atoms with E-state index in [1.54, 1.807) is 6.26 Å². The smallest absolute Gasteiger partial charge is 0.224 e. The zero-order chi connectivity index (χ0) is 10.8. The number of nitrogens with two attached hydrogens (primary N) is 1. The molecule has 0 aliphatic heterocycles. The van der Waals surface area contributed by atoms with Gasteiger partial charge in [0.1, 0.15) is 11.6 Å². The second-order valence-corrected chi connectivity index (χ2v) is 5.58. The minimum atomic E-state index is -3.14. The van der Waals surface area contributed by atoms with E-state index >= 15 is 0 Å². The predicted molar refractivity (Wildman–Crippen MR) is 54.6 cm³/mol. The van der Waals surface area contributed by atoms with Gasteiger partial charge in [-0.1, -0.05) is 11.8 Å². The molecule has 1 aromatic heterocycles. The van der Waals surface area contributed by atoms with E-state index in [0.717, 1.165) is 6.26 Å². The van der Waals surface area contributed by atoms with Crippen molar-refractivity contribution < 1.29 is 8.42 Å². The first-order valence-corrected chi connectivity index (χ1v) is 6.91. The van der Waals surface area contributed by atoms with Gasteiger partial charge in [0.15, 0.2) is 15.0 Å². The Kier molecular flexibility index (Phi) is 3.27. The molecule has 0 unspecified atom stereocenters. The highest BCUT2D eigenvalue weighted by Gasteiger charge is 2.09.